The van der Waals surface area contributed by atoms with Crippen molar-refractivity contribution in [2.45, 2.75) is 44.6 Å². The number of nitrogens with one attached hydrogen (secondary N) is 1. The molecule has 0 saturated heterocycles. The van der Waals surface area contributed by atoms with Crippen molar-refractivity contribution < 1.29 is 9.53 Å². The number of carbonyl (C=O) groups excluding carboxylic acids is 1. The topological polar surface area (TPSA) is 93.9 Å². The van der Waals surface area contributed by atoms with Crippen molar-refractivity contribution in [2.75, 3.05) is 5.73 Å². The average Bonchev–Trinajstić information content (AvgIpc) is 2.54. The van der Waals surface area contributed by atoms with Gasteiger partial charge in [0.15, 0.2) is 0 Å². The van der Waals surface area contributed by atoms with Crippen LogP contribution in [0.4, 0.5) is 5.95 Å². The Bertz CT molecular complexity index is 355. The number of anilines is 1. The van der Waals surface area contributed by atoms with Gasteiger partial charge in [0.05, 0.1) is 0 Å². The van der Waals surface area contributed by atoms with Crippen LogP contribution >= 0.6 is 0 Å². The zero-order valence-electron chi connectivity index (χ0n) is 9.11. The molecule has 3 N–H and O–H groups in total. The Labute approximate surface area is 93.6 Å². The fourth-order valence-electron chi connectivity index (χ4n) is 1.93. The summed E-state index contributed by atoms with van der Waals surface area (Å²) >= 11 is 0. The molecule has 1 aliphatic carbocycles. The molecule has 1 aromatic rings. The van der Waals surface area contributed by atoms with Gasteiger partial charge in [0.25, 0.3) is 0 Å². The molecule has 1 aromatic heterocycles. The summed E-state index contributed by atoms with van der Waals surface area (Å²) in [6.45, 7) is 0. The van der Waals surface area contributed by atoms with E-state index in [2.05, 4.69) is 15.2 Å². The van der Waals surface area contributed by atoms with E-state index in [9.17, 15) is 4.79 Å². The number of aromatic amines is 1. The van der Waals surface area contributed by atoms with E-state index >= 15 is 0 Å². The highest BCUT2D eigenvalue weighted by molar-refractivity contribution is 5.85. The highest BCUT2D eigenvalue weighted by atomic mass is 16.5. The van der Waals surface area contributed by atoms with Crippen LogP contribution in [0, 0.1) is 0 Å². The van der Waals surface area contributed by atoms with E-state index < -0.39 is 5.97 Å². The molecule has 88 valence electrons. The van der Waals surface area contributed by atoms with E-state index in [4.69, 9.17) is 10.5 Å². The van der Waals surface area contributed by atoms with Crippen molar-refractivity contribution in [1.82, 2.24) is 15.2 Å². The average molecular weight is 224 g/mol. The van der Waals surface area contributed by atoms with Gasteiger partial charge in [-0.05, 0) is 25.7 Å². The van der Waals surface area contributed by atoms with E-state index in [0.29, 0.717) is 0 Å². The quantitative estimate of drug-likeness (QED) is 0.582. The zero-order chi connectivity index (χ0) is 11.4. The van der Waals surface area contributed by atoms with Crippen LogP contribution in [0.1, 0.15) is 49.1 Å². The number of nitrogens with two attached hydrogens (primary N) is 1. The third kappa shape index (κ3) is 2.71. The second kappa shape index (κ2) is 4.96. The summed E-state index contributed by atoms with van der Waals surface area (Å²) < 4.78 is 5.34. The normalized spacial score (nSPS) is 18.0. The highest BCUT2D eigenvalue weighted by Gasteiger charge is 2.19. The maximum Gasteiger partial charge on any atom is 0.376 e. The van der Waals surface area contributed by atoms with Crippen LogP contribution in [0.2, 0.25) is 0 Å². The van der Waals surface area contributed by atoms with Gasteiger partial charge in [-0.1, -0.05) is 12.8 Å². The summed E-state index contributed by atoms with van der Waals surface area (Å²) in [6.07, 6.45) is 6.59. The Morgan fingerprint density at radius 1 is 1.31 bits per heavy atom. The van der Waals surface area contributed by atoms with Gasteiger partial charge in [0.1, 0.15) is 6.10 Å². The molecule has 2 rings (SSSR count). The summed E-state index contributed by atoms with van der Waals surface area (Å²) in [6, 6.07) is 0. The van der Waals surface area contributed by atoms with E-state index in [1.54, 1.807) is 0 Å². The van der Waals surface area contributed by atoms with Crippen molar-refractivity contribution in [3.63, 3.8) is 0 Å². The van der Waals surface area contributed by atoms with Crippen molar-refractivity contribution in [3.8, 4) is 0 Å². The first kappa shape index (κ1) is 10.9. The van der Waals surface area contributed by atoms with Crippen molar-refractivity contribution >= 4 is 11.9 Å². The molecule has 16 heavy (non-hydrogen) atoms. The molecule has 0 aliphatic heterocycles. The predicted molar refractivity (Wildman–Crippen MR) is 57.7 cm³/mol. The molecule has 6 nitrogen and oxygen atoms in total. The molecule has 0 bridgehead atoms. The Balaban J connectivity index is 1.90. The maximum absolute atomic E-state index is 11.6. The minimum Gasteiger partial charge on any atom is -0.457 e. The van der Waals surface area contributed by atoms with Crippen molar-refractivity contribution in [2.24, 2.45) is 0 Å². The Kier molecular flexibility index (Phi) is 3.38. The number of carbonyl (C=O) groups is 1. The third-order valence-corrected chi connectivity index (χ3v) is 2.77. The van der Waals surface area contributed by atoms with Crippen LogP contribution in [0.5, 0.6) is 0 Å². The summed E-state index contributed by atoms with van der Waals surface area (Å²) in [5.74, 6) is -0.314. The summed E-state index contributed by atoms with van der Waals surface area (Å²) in [5, 5.41) is 6.04. The molecular weight excluding hydrogens is 208 g/mol. The maximum atomic E-state index is 11.6. The predicted octanol–water partition coefficient (Wildman–Crippen LogP) is 1.27. The van der Waals surface area contributed by atoms with Gasteiger partial charge >= 0.3 is 5.97 Å². The fraction of sp³-hybridized carbons (Fsp3) is 0.700. The molecule has 1 heterocycles. The number of nitrogen functional groups attached to an aromatic ring is 1. The Morgan fingerprint density at radius 3 is 2.56 bits per heavy atom. The van der Waals surface area contributed by atoms with Crippen LogP contribution in [0.15, 0.2) is 0 Å². The number of ether oxygens (including phenoxy) is 1. The molecule has 0 aromatic carbocycles. The number of hydrogen-bond donors (Lipinski definition) is 2. The van der Waals surface area contributed by atoms with Crippen LogP contribution < -0.4 is 5.73 Å². The van der Waals surface area contributed by atoms with E-state index in [-0.39, 0.29) is 17.9 Å². The number of rotatable bonds is 2. The second-order valence-electron chi connectivity index (χ2n) is 4.06. The molecule has 1 saturated carbocycles. The minimum atomic E-state index is -0.462. The lowest BCUT2D eigenvalue weighted by Crippen LogP contribution is -2.18. The lowest BCUT2D eigenvalue weighted by atomic mass is 10.1. The molecule has 0 atom stereocenters. The molecule has 1 aliphatic rings. The monoisotopic (exact) mass is 224 g/mol. The van der Waals surface area contributed by atoms with Crippen LogP contribution in [-0.2, 0) is 4.74 Å². The first-order valence-corrected chi connectivity index (χ1v) is 5.64. The van der Waals surface area contributed by atoms with E-state index in [0.717, 1.165) is 25.7 Å². The smallest absolute Gasteiger partial charge is 0.376 e. The summed E-state index contributed by atoms with van der Waals surface area (Å²) in [7, 11) is 0. The standard InChI is InChI=1S/C10H16N4O2/c11-10-12-8(13-14-10)9(15)16-7-5-3-1-2-4-6-7/h7H,1-6H2,(H3,11,12,13,14). The fourth-order valence-corrected chi connectivity index (χ4v) is 1.93. The minimum absolute atomic E-state index is 0.0151. The molecule has 0 spiro atoms. The number of H-pyrrole nitrogens is 1. The molecule has 0 amide bonds. The largest absolute Gasteiger partial charge is 0.457 e. The van der Waals surface area contributed by atoms with Gasteiger partial charge < -0.3 is 10.5 Å². The van der Waals surface area contributed by atoms with Crippen LogP contribution in [0.25, 0.3) is 0 Å². The molecule has 6 heteroatoms. The first-order chi connectivity index (χ1) is 7.75. The molecule has 1 fully saturated rings. The number of aromatic nitrogens is 3. The van der Waals surface area contributed by atoms with Gasteiger partial charge in [-0.15, -0.1) is 5.10 Å². The SMILES string of the molecule is Nc1n[nH]c(C(=O)OC2CCCCCC2)n1. The van der Waals surface area contributed by atoms with Gasteiger partial charge in [-0.2, -0.15) is 4.98 Å². The van der Waals surface area contributed by atoms with Gasteiger partial charge in [0.2, 0.25) is 11.8 Å². The first-order valence-electron chi connectivity index (χ1n) is 5.64. The number of nitrogens with zero attached hydrogens (tertiary/aromatic N) is 2. The van der Waals surface area contributed by atoms with Crippen LogP contribution in [0.3, 0.4) is 0 Å². The molecule has 0 radical (unpaired) electrons. The third-order valence-electron chi connectivity index (χ3n) is 2.77. The Hall–Kier alpha value is -1.59. The lowest BCUT2D eigenvalue weighted by Gasteiger charge is -2.13. The highest BCUT2D eigenvalue weighted by Crippen LogP contribution is 2.20. The molecule has 0 unspecified atom stereocenters. The summed E-state index contributed by atoms with van der Waals surface area (Å²) in [5.41, 5.74) is 5.31. The van der Waals surface area contributed by atoms with Crippen LogP contribution in [-0.4, -0.2) is 27.3 Å². The lowest BCUT2D eigenvalue weighted by molar-refractivity contribution is 0.0253. The Morgan fingerprint density at radius 2 is 2.00 bits per heavy atom. The van der Waals surface area contributed by atoms with E-state index in [1.165, 1.54) is 12.8 Å². The van der Waals surface area contributed by atoms with Gasteiger partial charge in [-0.25, -0.2) is 4.79 Å². The second-order valence-corrected chi connectivity index (χ2v) is 4.06. The zero-order valence-corrected chi connectivity index (χ0v) is 9.11. The van der Waals surface area contributed by atoms with E-state index in [1.807, 2.05) is 0 Å². The summed E-state index contributed by atoms with van der Waals surface area (Å²) in [4.78, 5) is 15.4. The van der Waals surface area contributed by atoms with Crippen molar-refractivity contribution in [1.29, 1.82) is 0 Å². The number of esters is 1. The number of hydrogen-bond acceptors (Lipinski definition) is 5. The van der Waals surface area contributed by atoms with Gasteiger partial charge in [-0.3, -0.25) is 5.10 Å². The van der Waals surface area contributed by atoms with Crippen molar-refractivity contribution in [3.05, 3.63) is 5.82 Å². The van der Waals surface area contributed by atoms with Gasteiger partial charge in [0, 0.05) is 0 Å². The molecular formula is C10H16N4O2.